The molecule has 0 aliphatic heterocycles. The van der Waals surface area contributed by atoms with Crippen LogP contribution >= 0.6 is 0 Å². The number of anilines is 2. The van der Waals surface area contributed by atoms with Gasteiger partial charge in [-0.05, 0) is 37.1 Å². The molecule has 162 valence electrons. The Kier molecular flexibility index (Phi) is 7.93. The molecule has 0 spiro atoms. The van der Waals surface area contributed by atoms with Gasteiger partial charge in [-0.1, -0.05) is 38.1 Å². The van der Waals surface area contributed by atoms with Gasteiger partial charge in [-0.25, -0.2) is 12.8 Å². The summed E-state index contributed by atoms with van der Waals surface area (Å²) in [5.74, 6) is -1.77. The van der Waals surface area contributed by atoms with Crippen LogP contribution in [0, 0.1) is 5.82 Å². The minimum Gasteiger partial charge on any atom is -0.352 e. The lowest BCUT2D eigenvalue weighted by atomic mass is 10.1. The zero-order chi connectivity index (χ0) is 22.3. The average Bonchev–Trinajstić information content (AvgIpc) is 2.70. The van der Waals surface area contributed by atoms with Crippen molar-refractivity contribution in [3.63, 3.8) is 0 Å². The number of hydrogen-bond acceptors (Lipinski definition) is 4. The highest BCUT2D eigenvalue weighted by Crippen LogP contribution is 2.26. The molecule has 0 saturated heterocycles. The second kappa shape index (κ2) is 10.2. The molecule has 7 nitrogen and oxygen atoms in total. The summed E-state index contributed by atoms with van der Waals surface area (Å²) in [4.78, 5) is 25.4. The lowest BCUT2D eigenvalue weighted by Gasteiger charge is -2.30. The van der Waals surface area contributed by atoms with Gasteiger partial charge < -0.3 is 10.6 Å². The number of carbonyl (C=O) groups is 2. The first-order valence-electron chi connectivity index (χ1n) is 9.62. The summed E-state index contributed by atoms with van der Waals surface area (Å²) >= 11 is 0. The molecule has 2 aromatic carbocycles. The topological polar surface area (TPSA) is 95.6 Å². The van der Waals surface area contributed by atoms with E-state index in [4.69, 9.17) is 0 Å². The fourth-order valence-corrected chi connectivity index (χ4v) is 4.22. The number of amides is 2. The van der Waals surface area contributed by atoms with Gasteiger partial charge >= 0.3 is 0 Å². The van der Waals surface area contributed by atoms with E-state index in [0.717, 1.165) is 23.0 Å². The van der Waals surface area contributed by atoms with E-state index in [9.17, 15) is 22.4 Å². The van der Waals surface area contributed by atoms with Crippen molar-refractivity contribution in [2.75, 3.05) is 22.4 Å². The largest absolute Gasteiger partial charge is 0.352 e. The molecule has 0 bridgehead atoms. The second-order valence-electron chi connectivity index (χ2n) is 6.73. The van der Waals surface area contributed by atoms with Gasteiger partial charge in [0.1, 0.15) is 11.9 Å². The first-order valence-corrected chi connectivity index (χ1v) is 11.5. The maximum Gasteiger partial charge on any atom is 0.253 e. The average molecular weight is 436 g/mol. The molecular weight excluding hydrogens is 409 g/mol. The third kappa shape index (κ3) is 5.56. The lowest BCUT2D eigenvalue weighted by molar-refractivity contribution is -0.117. The molecule has 0 aromatic heterocycles. The monoisotopic (exact) mass is 435 g/mol. The Morgan fingerprint density at radius 3 is 2.30 bits per heavy atom. The minimum absolute atomic E-state index is 0.0947. The number of sulfonamides is 1. The van der Waals surface area contributed by atoms with Crippen molar-refractivity contribution in [2.24, 2.45) is 0 Å². The quantitative estimate of drug-likeness (QED) is 0.633. The van der Waals surface area contributed by atoms with Crippen molar-refractivity contribution < 1.29 is 22.4 Å². The van der Waals surface area contributed by atoms with Crippen LogP contribution < -0.4 is 14.9 Å². The third-order valence-electron chi connectivity index (χ3n) is 4.38. The van der Waals surface area contributed by atoms with Gasteiger partial charge in [-0.15, -0.1) is 0 Å². The van der Waals surface area contributed by atoms with E-state index >= 15 is 0 Å². The van der Waals surface area contributed by atoms with Crippen LogP contribution in [-0.2, 0) is 14.8 Å². The molecule has 0 heterocycles. The number of carbonyl (C=O) groups excluding carboxylic acids is 2. The fraction of sp³-hybridized carbons (Fsp3) is 0.333. The summed E-state index contributed by atoms with van der Waals surface area (Å²) in [6, 6.07) is 10.6. The number of nitrogens with one attached hydrogen (secondary N) is 2. The van der Waals surface area contributed by atoms with Gasteiger partial charge in [0, 0.05) is 6.54 Å². The fourth-order valence-electron chi connectivity index (χ4n) is 3.01. The van der Waals surface area contributed by atoms with E-state index in [1.807, 2.05) is 6.92 Å². The minimum atomic E-state index is -3.97. The molecule has 0 aliphatic rings. The third-order valence-corrected chi connectivity index (χ3v) is 5.55. The molecule has 2 rings (SSSR count). The zero-order valence-electron chi connectivity index (χ0n) is 17.2. The van der Waals surface area contributed by atoms with E-state index in [-0.39, 0.29) is 29.3 Å². The Hall–Kier alpha value is -2.94. The van der Waals surface area contributed by atoms with E-state index in [1.54, 1.807) is 31.2 Å². The molecular formula is C21H26FN3O4S. The lowest BCUT2D eigenvalue weighted by Crippen LogP contribution is -2.47. The van der Waals surface area contributed by atoms with E-state index in [2.05, 4.69) is 10.6 Å². The first-order chi connectivity index (χ1) is 14.2. The van der Waals surface area contributed by atoms with Crippen molar-refractivity contribution in [3.05, 3.63) is 59.9 Å². The van der Waals surface area contributed by atoms with Crippen LogP contribution in [-0.4, -0.2) is 39.1 Å². The van der Waals surface area contributed by atoms with Gasteiger partial charge in [-0.2, -0.15) is 0 Å². The molecule has 30 heavy (non-hydrogen) atoms. The molecule has 9 heteroatoms. The molecule has 0 aliphatic carbocycles. The van der Waals surface area contributed by atoms with Crippen LogP contribution in [0.25, 0.3) is 0 Å². The SMILES string of the molecule is CCCNC(=O)c1ccccc1NC(=O)C(CC)N(c1ccccc1F)S(C)(=O)=O. The van der Waals surface area contributed by atoms with Crippen LogP contribution in [0.1, 0.15) is 37.0 Å². The van der Waals surface area contributed by atoms with Gasteiger partial charge in [0.25, 0.3) is 5.91 Å². The number of halogens is 1. The van der Waals surface area contributed by atoms with Crippen molar-refractivity contribution >= 4 is 33.2 Å². The van der Waals surface area contributed by atoms with Crippen molar-refractivity contribution in [2.45, 2.75) is 32.7 Å². The second-order valence-corrected chi connectivity index (χ2v) is 8.58. The molecule has 2 aromatic rings. The van der Waals surface area contributed by atoms with Crippen LogP contribution in [0.4, 0.5) is 15.8 Å². The summed E-state index contributed by atoms with van der Waals surface area (Å²) in [7, 11) is -3.97. The number of para-hydroxylation sites is 2. The molecule has 0 radical (unpaired) electrons. The predicted molar refractivity (Wildman–Crippen MR) is 115 cm³/mol. The highest BCUT2D eigenvalue weighted by Gasteiger charge is 2.33. The molecule has 2 amide bonds. The van der Waals surface area contributed by atoms with Gasteiger partial charge in [0.15, 0.2) is 0 Å². The van der Waals surface area contributed by atoms with E-state index in [1.165, 1.54) is 18.2 Å². The Morgan fingerprint density at radius 1 is 1.07 bits per heavy atom. The van der Waals surface area contributed by atoms with Crippen LogP contribution in [0.15, 0.2) is 48.5 Å². The van der Waals surface area contributed by atoms with Gasteiger partial charge in [-0.3, -0.25) is 13.9 Å². The van der Waals surface area contributed by atoms with Crippen molar-refractivity contribution in [3.8, 4) is 0 Å². The standard InChI is InChI=1S/C21H26FN3O4S/c1-4-14-23-20(26)15-10-6-8-12-17(15)24-21(27)18(5-2)25(30(3,28)29)19-13-9-7-11-16(19)22/h6-13,18H,4-5,14H2,1-3H3,(H,23,26)(H,24,27). The number of benzene rings is 2. The maximum absolute atomic E-state index is 14.4. The van der Waals surface area contributed by atoms with E-state index < -0.39 is 27.8 Å². The Labute approximate surface area is 176 Å². The first kappa shape index (κ1) is 23.3. The molecule has 0 fully saturated rings. The number of rotatable bonds is 9. The molecule has 1 unspecified atom stereocenters. The summed E-state index contributed by atoms with van der Waals surface area (Å²) in [6.07, 6.45) is 1.77. The predicted octanol–water partition coefficient (Wildman–Crippen LogP) is 3.15. The van der Waals surface area contributed by atoms with Gasteiger partial charge in [0.2, 0.25) is 15.9 Å². The number of nitrogens with zero attached hydrogens (tertiary/aromatic N) is 1. The number of hydrogen-bond donors (Lipinski definition) is 2. The van der Waals surface area contributed by atoms with Crippen molar-refractivity contribution in [1.82, 2.24) is 5.32 Å². The maximum atomic E-state index is 14.4. The Morgan fingerprint density at radius 2 is 1.70 bits per heavy atom. The van der Waals surface area contributed by atoms with E-state index in [0.29, 0.717) is 6.54 Å². The van der Waals surface area contributed by atoms with Gasteiger partial charge in [0.05, 0.1) is 23.2 Å². The highest BCUT2D eigenvalue weighted by molar-refractivity contribution is 7.92. The van der Waals surface area contributed by atoms with Crippen LogP contribution in [0.3, 0.4) is 0 Å². The van der Waals surface area contributed by atoms with Crippen LogP contribution in [0.2, 0.25) is 0 Å². The Bertz CT molecular complexity index is 1010. The van der Waals surface area contributed by atoms with Crippen LogP contribution in [0.5, 0.6) is 0 Å². The summed E-state index contributed by atoms with van der Waals surface area (Å²) in [6.45, 7) is 4.03. The normalized spacial score (nSPS) is 12.1. The summed E-state index contributed by atoms with van der Waals surface area (Å²) in [5, 5.41) is 5.37. The summed E-state index contributed by atoms with van der Waals surface area (Å²) in [5.41, 5.74) is 0.290. The van der Waals surface area contributed by atoms with Crippen molar-refractivity contribution in [1.29, 1.82) is 0 Å². The molecule has 1 atom stereocenters. The zero-order valence-corrected chi connectivity index (χ0v) is 18.0. The molecule has 2 N–H and O–H groups in total. The highest BCUT2D eigenvalue weighted by atomic mass is 32.2. The summed E-state index contributed by atoms with van der Waals surface area (Å²) < 4.78 is 40.0. The smallest absolute Gasteiger partial charge is 0.253 e. The molecule has 0 saturated carbocycles. The Balaban J connectivity index is 2.39.